The van der Waals surface area contributed by atoms with Gasteiger partial charge >= 0.3 is 0 Å². The highest BCUT2D eigenvalue weighted by Crippen LogP contribution is 2.29. The van der Waals surface area contributed by atoms with Crippen LogP contribution in [-0.4, -0.2) is 6.29 Å². The summed E-state index contributed by atoms with van der Waals surface area (Å²) in [5.74, 6) is 0.415. The summed E-state index contributed by atoms with van der Waals surface area (Å²) in [4.78, 5) is 11.0. The van der Waals surface area contributed by atoms with Gasteiger partial charge < -0.3 is 4.74 Å². The Bertz CT molecular complexity index is 612. The normalized spacial score (nSPS) is 10.3. The molecule has 0 N–H and O–H groups in total. The molecule has 0 spiro atoms. The van der Waals surface area contributed by atoms with E-state index in [1.54, 1.807) is 36.4 Å². The third kappa shape index (κ3) is 3.21. The molecule has 0 fully saturated rings. The van der Waals surface area contributed by atoms with Crippen LogP contribution in [0.5, 0.6) is 5.75 Å². The summed E-state index contributed by atoms with van der Waals surface area (Å²) in [7, 11) is 0. The molecule has 0 aliphatic heterocycles. The first-order chi connectivity index (χ1) is 9.13. The zero-order valence-electron chi connectivity index (χ0n) is 9.70. The highest BCUT2D eigenvalue weighted by Gasteiger charge is 2.09. The average molecular weight is 316 g/mol. The monoisotopic (exact) mass is 314 g/mol. The highest BCUT2D eigenvalue weighted by atomic mass is 35.5. The van der Waals surface area contributed by atoms with Crippen LogP contribution < -0.4 is 4.74 Å². The van der Waals surface area contributed by atoms with Gasteiger partial charge in [-0.3, -0.25) is 4.79 Å². The number of hydrogen-bond donors (Lipinski definition) is 0. The predicted molar refractivity (Wildman–Crippen MR) is 77.6 cm³/mol. The Morgan fingerprint density at radius 3 is 2.42 bits per heavy atom. The second-order valence-electron chi connectivity index (χ2n) is 3.77. The molecule has 2 aromatic carbocycles. The number of benzene rings is 2. The molecule has 98 valence electrons. The maximum atomic E-state index is 11.0. The van der Waals surface area contributed by atoms with Gasteiger partial charge in [0.15, 0.2) is 6.29 Å². The van der Waals surface area contributed by atoms with Gasteiger partial charge in [-0.05, 0) is 18.2 Å². The van der Waals surface area contributed by atoms with Gasteiger partial charge in [-0.15, -0.1) is 0 Å². The molecule has 0 heterocycles. The van der Waals surface area contributed by atoms with Crippen molar-refractivity contribution in [3.63, 3.8) is 0 Å². The maximum Gasteiger partial charge on any atom is 0.155 e. The van der Waals surface area contributed by atoms with E-state index in [1.165, 1.54) is 0 Å². The molecule has 19 heavy (non-hydrogen) atoms. The molecule has 0 radical (unpaired) electrons. The smallest absolute Gasteiger partial charge is 0.155 e. The lowest BCUT2D eigenvalue weighted by Crippen LogP contribution is -1.99. The first-order valence-electron chi connectivity index (χ1n) is 5.43. The van der Waals surface area contributed by atoms with Crippen molar-refractivity contribution in [1.29, 1.82) is 0 Å². The van der Waals surface area contributed by atoms with Gasteiger partial charge in [-0.2, -0.15) is 0 Å². The number of carbonyl (C=O) groups excluding carboxylic acids is 1. The molecule has 0 atom stereocenters. The lowest BCUT2D eigenvalue weighted by Gasteiger charge is -2.10. The van der Waals surface area contributed by atoms with Gasteiger partial charge in [0.25, 0.3) is 0 Å². The summed E-state index contributed by atoms with van der Waals surface area (Å²) in [6.07, 6.45) is 0.664. The Balaban J connectivity index is 2.21. The van der Waals surface area contributed by atoms with E-state index in [0.717, 1.165) is 5.56 Å². The topological polar surface area (TPSA) is 26.3 Å². The summed E-state index contributed by atoms with van der Waals surface area (Å²) in [6, 6.07) is 10.3. The largest absolute Gasteiger partial charge is 0.488 e. The maximum absolute atomic E-state index is 11.0. The summed E-state index contributed by atoms with van der Waals surface area (Å²) >= 11 is 17.9. The molecule has 5 heteroatoms. The van der Waals surface area contributed by atoms with E-state index in [1.807, 2.05) is 0 Å². The summed E-state index contributed by atoms with van der Waals surface area (Å²) in [5.41, 5.74) is 1.06. The number of aldehydes is 1. The predicted octanol–water partition coefficient (Wildman–Crippen LogP) is 5.04. The highest BCUT2D eigenvalue weighted by molar-refractivity contribution is 6.42. The molecule has 2 aromatic rings. The third-order valence-corrected chi connectivity index (χ3v) is 3.73. The van der Waals surface area contributed by atoms with Crippen LogP contribution in [0, 0.1) is 0 Å². The summed E-state index contributed by atoms with van der Waals surface area (Å²) in [6.45, 7) is 0.209. The van der Waals surface area contributed by atoms with E-state index in [4.69, 9.17) is 39.5 Å². The van der Waals surface area contributed by atoms with E-state index >= 15 is 0 Å². The van der Waals surface area contributed by atoms with Crippen molar-refractivity contribution in [1.82, 2.24) is 0 Å². The Hall–Kier alpha value is -1.22. The molecule has 0 saturated carbocycles. The third-order valence-electron chi connectivity index (χ3n) is 2.55. The quantitative estimate of drug-likeness (QED) is 0.739. The van der Waals surface area contributed by atoms with E-state index in [2.05, 4.69) is 0 Å². The van der Waals surface area contributed by atoms with E-state index in [9.17, 15) is 4.79 Å². The molecule has 0 aromatic heterocycles. The Morgan fingerprint density at radius 1 is 1.00 bits per heavy atom. The van der Waals surface area contributed by atoms with Crippen LogP contribution in [0.1, 0.15) is 15.9 Å². The van der Waals surface area contributed by atoms with E-state index in [-0.39, 0.29) is 6.61 Å². The zero-order valence-corrected chi connectivity index (χ0v) is 12.0. The molecule has 0 amide bonds. The molecule has 0 aliphatic carbocycles. The summed E-state index contributed by atoms with van der Waals surface area (Å²) < 4.78 is 5.57. The van der Waals surface area contributed by atoms with E-state index < -0.39 is 0 Å². The van der Waals surface area contributed by atoms with Gasteiger partial charge in [-0.25, -0.2) is 0 Å². The Morgan fingerprint density at radius 2 is 1.68 bits per heavy atom. The Kier molecular flexibility index (Phi) is 4.70. The van der Waals surface area contributed by atoms with Crippen molar-refractivity contribution in [2.75, 3.05) is 0 Å². The fourth-order valence-corrected chi connectivity index (χ4v) is 2.16. The first kappa shape index (κ1) is 14.2. The van der Waals surface area contributed by atoms with Gasteiger partial charge in [0.05, 0.1) is 20.6 Å². The van der Waals surface area contributed by atoms with Gasteiger partial charge in [-0.1, -0.05) is 53.0 Å². The minimum atomic E-state index is 0.209. The number of rotatable bonds is 4. The van der Waals surface area contributed by atoms with Crippen LogP contribution in [0.4, 0.5) is 0 Å². The van der Waals surface area contributed by atoms with Crippen LogP contribution in [0.15, 0.2) is 36.4 Å². The number of carbonyl (C=O) groups is 1. The van der Waals surface area contributed by atoms with Crippen molar-refractivity contribution in [2.24, 2.45) is 0 Å². The number of hydrogen-bond acceptors (Lipinski definition) is 2. The zero-order chi connectivity index (χ0) is 13.8. The first-order valence-corrected chi connectivity index (χ1v) is 6.56. The Labute approximate surface area is 125 Å². The van der Waals surface area contributed by atoms with Crippen molar-refractivity contribution in [2.45, 2.75) is 6.61 Å². The number of halogens is 3. The lowest BCUT2D eigenvalue weighted by molar-refractivity contribution is 0.111. The van der Waals surface area contributed by atoms with Crippen LogP contribution in [0.25, 0.3) is 0 Å². The average Bonchev–Trinajstić information content (AvgIpc) is 2.40. The molecule has 0 saturated heterocycles. The van der Waals surface area contributed by atoms with Crippen molar-refractivity contribution in [3.8, 4) is 5.75 Å². The van der Waals surface area contributed by atoms with Crippen molar-refractivity contribution in [3.05, 3.63) is 62.6 Å². The molecule has 2 nitrogen and oxygen atoms in total. The lowest BCUT2D eigenvalue weighted by atomic mass is 10.2. The molecule has 0 bridgehead atoms. The molecular formula is C14H9Cl3O2. The van der Waals surface area contributed by atoms with Crippen LogP contribution in [0.2, 0.25) is 15.1 Å². The van der Waals surface area contributed by atoms with Crippen molar-refractivity contribution >= 4 is 41.1 Å². The summed E-state index contributed by atoms with van der Waals surface area (Å²) in [5, 5.41) is 1.26. The fraction of sp³-hybridized carbons (Fsp3) is 0.0714. The van der Waals surface area contributed by atoms with Gasteiger partial charge in [0.2, 0.25) is 0 Å². The van der Waals surface area contributed by atoms with Gasteiger partial charge in [0, 0.05) is 5.56 Å². The molecule has 0 aliphatic rings. The van der Waals surface area contributed by atoms with E-state index in [0.29, 0.717) is 32.7 Å². The molecular weight excluding hydrogens is 307 g/mol. The minimum Gasteiger partial charge on any atom is -0.488 e. The second-order valence-corrected chi connectivity index (χ2v) is 4.96. The van der Waals surface area contributed by atoms with Crippen LogP contribution in [0.3, 0.4) is 0 Å². The van der Waals surface area contributed by atoms with Crippen molar-refractivity contribution < 1.29 is 9.53 Å². The molecule has 0 unspecified atom stereocenters. The number of ether oxygens (including phenoxy) is 1. The van der Waals surface area contributed by atoms with Crippen LogP contribution in [-0.2, 0) is 6.61 Å². The fourth-order valence-electron chi connectivity index (χ4n) is 1.57. The second kappa shape index (κ2) is 6.29. The standard InChI is InChI=1S/C14H9Cl3O2/c15-11-4-2-6-13(10(11)7-18)19-8-9-3-1-5-12(16)14(9)17/h1-7H,8H2. The SMILES string of the molecule is O=Cc1c(Cl)cccc1OCc1cccc(Cl)c1Cl. The van der Waals surface area contributed by atoms with Crippen LogP contribution >= 0.6 is 34.8 Å². The van der Waals surface area contributed by atoms with Gasteiger partial charge in [0.1, 0.15) is 12.4 Å². The minimum absolute atomic E-state index is 0.209. The molecule has 2 rings (SSSR count).